The second-order valence-corrected chi connectivity index (χ2v) is 15.8. The van der Waals surface area contributed by atoms with Gasteiger partial charge in [-0.15, -0.1) is 0 Å². The van der Waals surface area contributed by atoms with Crippen LogP contribution in [0.3, 0.4) is 0 Å². The first-order valence-electron chi connectivity index (χ1n) is 20.9. The molecule has 0 unspecified atom stereocenters. The second kappa shape index (κ2) is 18.6. The van der Waals surface area contributed by atoms with Gasteiger partial charge in [0.25, 0.3) is 0 Å². The molecule has 2 heteroatoms. The number of nitrogens with zero attached hydrogens (tertiary/aromatic N) is 1. The second-order valence-electron chi connectivity index (χ2n) is 15.8. The van der Waals surface area contributed by atoms with Crippen molar-refractivity contribution in [1.82, 2.24) is 0 Å². The van der Waals surface area contributed by atoms with Crippen LogP contribution in [0.4, 0.5) is 17.1 Å². The van der Waals surface area contributed by atoms with Gasteiger partial charge in [-0.25, -0.2) is 0 Å². The number of hydrogen-bond donors (Lipinski definition) is 0. The van der Waals surface area contributed by atoms with E-state index in [9.17, 15) is 0 Å². The normalized spacial score (nSPS) is 12.1. The molecule has 0 radical (unpaired) electrons. The van der Waals surface area contributed by atoms with Crippen molar-refractivity contribution in [1.29, 1.82) is 0 Å². The molecule has 0 atom stereocenters. The van der Waals surface area contributed by atoms with Gasteiger partial charge >= 0.3 is 0 Å². The lowest BCUT2D eigenvalue weighted by Gasteiger charge is -2.34. The van der Waals surface area contributed by atoms with Gasteiger partial charge in [0.1, 0.15) is 0 Å². The zero-order valence-electron chi connectivity index (χ0n) is 33.6. The van der Waals surface area contributed by atoms with Crippen LogP contribution in [-0.4, -0.2) is 0 Å². The maximum atomic E-state index is 6.61. The minimum atomic E-state index is 0.906. The summed E-state index contributed by atoms with van der Waals surface area (Å²) >= 11 is 0. The fourth-order valence-corrected chi connectivity index (χ4v) is 8.03. The van der Waals surface area contributed by atoms with Crippen LogP contribution in [0.1, 0.15) is 131 Å². The SMILES string of the molecule is CCCCCCc1cc(C)cc(-c2cc(-c3cc(CCCCCC)cc(CCCCCC)c3)cc(N3c4ccc(C)cc4Oc4cc(C)ccc43)c2)c1. The Morgan fingerprint density at radius 2 is 0.830 bits per heavy atom. The number of rotatable bonds is 18. The van der Waals surface area contributed by atoms with E-state index in [2.05, 4.69) is 137 Å². The third-order valence-electron chi connectivity index (χ3n) is 10.9. The van der Waals surface area contributed by atoms with E-state index in [4.69, 9.17) is 4.74 Å². The number of aryl methyl sites for hydroxylation is 6. The zero-order valence-corrected chi connectivity index (χ0v) is 33.6. The van der Waals surface area contributed by atoms with Crippen LogP contribution in [0.15, 0.2) is 91.0 Å². The molecule has 6 rings (SSSR count). The van der Waals surface area contributed by atoms with Gasteiger partial charge in [0.15, 0.2) is 11.5 Å². The van der Waals surface area contributed by atoms with Crippen LogP contribution in [0.25, 0.3) is 22.3 Å². The van der Waals surface area contributed by atoms with Crippen molar-refractivity contribution in [3.63, 3.8) is 0 Å². The highest BCUT2D eigenvalue weighted by Crippen LogP contribution is 2.52. The summed E-state index contributed by atoms with van der Waals surface area (Å²) in [7, 11) is 0. The Morgan fingerprint density at radius 3 is 1.30 bits per heavy atom. The van der Waals surface area contributed by atoms with Crippen molar-refractivity contribution in [2.45, 2.75) is 138 Å². The minimum Gasteiger partial charge on any atom is -0.453 e. The summed E-state index contributed by atoms with van der Waals surface area (Å²) in [6, 6.07) is 35.3. The van der Waals surface area contributed by atoms with Gasteiger partial charge in [0, 0.05) is 5.69 Å². The monoisotopic (exact) mass is 705 g/mol. The number of unbranched alkanes of at least 4 members (excludes halogenated alkanes) is 9. The molecule has 5 aromatic rings. The van der Waals surface area contributed by atoms with Crippen molar-refractivity contribution in [2.24, 2.45) is 0 Å². The molecule has 2 nitrogen and oxygen atoms in total. The Balaban J connectivity index is 1.51. The summed E-state index contributed by atoms with van der Waals surface area (Å²) in [5, 5.41) is 0. The molecule has 0 amide bonds. The predicted molar refractivity (Wildman–Crippen MR) is 230 cm³/mol. The van der Waals surface area contributed by atoms with Gasteiger partial charge in [-0.1, -0.05) is 133 Å². The standard InChI is InChI=1S/C51H63NO/c1-7-10-13-16-19-40-26-39(6)27-43(31-40)45-34-46(44-32-41(20-17-14-11-8-2)30-42(33-44)21-18-15-12-9-3)36-47(35-45)52-48-24-22-37(4)28-50(48)53-51-29-38(5)23-25-49(51)52/h22-36H,7-21H2,1-6H3. The van der Waals surface area contributed by atoms with Gasteiger partial charge in [-0.3, -0.25) is 0 Å². The first-order valence-corrected chi connectivity index (χ1v) is 20.9. The number of hydrogen-bond acceptors (Lipinski definition) is 2. The molecule has 5 aromatic carbocycles. The van der Waals surface area contributed by atoms with E-state index in [0.29, 0.717) is 0 Å². The van der Waals surface area contributed by atoms with Crippen LogP contribution >= 0.6 is 0 Å². The Morgan fingerprint density at radius 1 is 0.396 bits per heavy atom. The van der Waals surface area contributed by atoms with Crippen molar-refractivity contribution in [2.75, 3.05) is 4.90 Å². The summed E-state index contributed by atoms with van der Waals surface area (Å²) in [4.78, 5) is 2.43. The van der Waals surface area contributed by atoms with Gasteiger partial charge in [0.2, 0.25) is 0 Å². The molecule has 0 saturated carbocycles. The molecule has 278 valence electrons. The average molecular weight is 706 g/mol. The maximum absolute atomic E-state index is 6.61. The van der Waals surface area contributed by atoms with Crippen molar-refractivity contribution in [3.8, 4) is 33.8 Å². The lowest BCUT2D eigenvalue weighted by atomic mass is 9.91. The number of anilines is 3. The van der Waals surface area contributed by atoms with Crippen LogP contribution in [0, 0.1) is 20.8 Å². The lowest BCUT2D eigenvalue weighted by molar-refractivity contribution is 0.476. The molecule has 0 N–H and O–H groups in total. The van der Waals surface area contributed by atoms with E-state index < -0.39 is 0 Å². The molecular weight excluding hydrogens is 643 g/mol. The summed E-state index contributed by atoms with van der Waals surface area (Å²) in [5.74, 6) is 1.81. The topological polar surface area (TPSA) is 12.5 Å². The third kappa shape index (κ3) is 10.0. The zero-order chi connectivity index (χ0) is 37.2. The van der Waals surface area contributed by atoms with E-state index in [0.717, 1.165) is 42.1 Å². The Labute approximate surface area is 321 Å². The summed E-state index contributed by atoms with van der Waals surface area (Å²) in [5.41, 5.74) is 16.6. The first kappa shape index (κ1) is 38.4. The smallest absolute Gasteiger partial charge is 0.151 e. The van der Waals surface area contributed by atoms with Crippen LogP contribution in [0.2, 0.25) is 0 Å². The number of fused-ring (bicyclic) bond motifs is 2. The molecule has 0 saturated heterocycles. The van der Waals surface area contributed by atoms with Crippen molar-refractivity contribution in [3.05, 3.63) is 124 Å². The molecule has 0 fully saturated rings. The van der Waals surface area contributed by atoms with Crippen LogP contribution in [-0.2, 0) is 19.3 Å². The highest BCUT2D eigenvalue weighted by Gasteiger charge is 2.27. The molecule has 0 aromatic heterocycles. The van der Waals surface area contributed by atoms with E-state index in [1.165, 1.54) is 138 Å². The van der Waals surface area contributed by atoms with Crippen LogP contribution in [0.5, 0.6) is 11.5 Å². The molecule has 1 aliphatic rings. The summed E-state index contributed by atoms with van der Waals surface area (Å²) in [6.45, 7) is 13.4. The molecule has 53 heavy (non-hydrogen) atoms. The quantitative estimate of drug-likeness (QED) is 0.0826. The molecule has 1 heterocycles. The summed E-state index contributed by atoms with van der Waals surface area (Å²) in [6.07, 6.45) is 18.8. The van der Waals surface area contributed by atoms with Crippen molar-refractivity contribution >= 4 is 17.1 Å². The van der Waals surface area contributed by atoms with E-state index in [1.54, 1.807) is 0 Å². The highest BCUT2D eigenvalue weighted by molar-refractivity contribution is 5.90. The van der Waals surface area contributed by atoms with E-state index in [1.807, 2.05) is 0 Å². The first-order chi connectivity index (χ1) is 25.8. The molecule has 0 spiro atoms. The third-order valence-corrected chi connectivity index (χ3v) is 10.9. The average Bonchev–Trinajstić information content (AvgIpc) is 3.15. The largest absolute Gasteiger partial charge is 0.453 e. The van der Waals surface area contributed by atoms with Gasteiger partial charge in [-0.05, 0) is 152 Å². The van der Waals surface area contributed by atoms with Gasteiger partial charge in [0.05, 0.1) is 11.4 Å². The van der Waals surface area contributed by atoms with Crippen LogP contribution < -0.4 is 9.64 Å². The minimum absolute atomic E-state index is 0.906. The molecule has 1 aliphatic heterocycles. The number of ether oxygens (including phenoxy) is 1. The Kier molecular flexibility index (Phi) is 13.5. The van der Waals surface area contributed by atoms with Gasteiger partial charge in [-0.2, -0.15) is 0 Å². The summed E-state index contributed by atoms with van der Waals surface area (Å²) < 4.78 is 6.61. The lowest BCUT2D eigenvalue weighted by Crippen LogP contribution is -2.16. The van der Waals surface area contributed by atoms with E-state index >= 15 is 0 Å². The Hall–Kier alpha value is -4.30. The van der Waals surface area contributed by atoms with E-state index in [-0.39, 0.29) is 0 Å². The molecule has 0 bridgehead atoms. The van der Waals surface area contributed by atoms with Crippen molar-refractivity contribution < 1.29 is 4.74 Å². The fraction of sp³-hybridized carbons (Fsp3) is 0.412. The molecule has 0 aliphatic carbocycles. The highest BCUT2D eigenvalue weighted by atomic mass is 16.5. The van der Waals surface area contributed by atoms with Gasteiger partial charge < -0.3 is 9.64 Å². The fourth-order valence-electron chi connectivity index (χ4n) is 8.03. The molecular formula is C51H63NO. The maximum Gasteiger partial charge on any atom is 0.151 e. The predicted octanol–water partition coefficient (Wildman–Crippen LogP) is 15.9. The number of benzene rings is 5. The Bertz CT molecular complexity index is 1890.